The first-order valence-electron chi connectivity index (χ1n) is 4.28. The summed E-state index contributed by atoms with van der Waals surface area (Å²) in [5.41, 5.74) is 5.73. The van der Waals surface area contributed by atoms with Crippen LogP contribution < -0.4 is 11.1 Å². The number of aryl methyl sites for hydroxylation is 1. The standard InChI is InChI=1S/C9H14N2O3/c1-5-3-4-6(14-5)7(10)8(11-2)9(12)13/h3-4,7-8,11H,10H2,1-2H3,(H,12,13). The average Bonchev–Trinajstić information content (AvgIpc) is 2.52. The van der Waals surface area contributed by atoms with Gasteiger partial charge in [-0.25, -0.2) is 0 Å². The predicted molar refractivity (Wildman–Crippen MR) is 50.9 cm³/mol. The Bertz CT molecular complexity index is 322. The normalized spacial score (nSPS) is 15.1. The lowest BCUT2D eigenvalue weighted by atomic mass is 10.1. The molecule has 2 atom stereocenters. The average molecular weight is 198 g/mol. The number of hydrogen-bond donors (Lipinski definition) is 3. The maximum absolute atomic E-state index is 10.8. The third-order valence-electron chi connectivity index (χ3n) is 2.03. The van der Waals surface area contributed by atoms with E-state index in [9.17, 15) is 4.79 Å². The molecule has 0 saturated heterocycles. The van der Waals surface area contributed by atoms with Crippen molar-refractivity contribution >= 4 is 5.97 Å². The van der Waals surface area contributed by atoms with Gasteiger partial charge in [-0.3, -0.25) is 4.79 Å². The van der Waals surface area contributed by atoms with Gasteiger partial charge < -0.3 is 20.6 Å². The van der Waals surface area contributed by atoms with Crippen molar-refractivity contribution in [2.24, 2.45) is 5.73 Å². The Labute approximate surface area is 81.9 Å². The van der Waals surface area contributed by atoms with Crippen molar-refractivity contribution in [3.8, 4) is 0 Å². The highest BCUT2D eigenvalue weighted by Gasteiger charge is 2.26. The summed E-state index contributed by atoms with van der Waals surface area (Å²) < 4.78 is 5.25. The van der Waals surface area contributed by atoms with Crippen LogP contribution in [0.25, 0.3) is 0 Å². The quantitative estimate of drug-likeness (QED) is 0.645. The van der Waals surface area contributed by atoms with Gasteiger partial charge in [0.1, 0.15) is 17.6 Å². The Morgan fingerprint density at radius 2 is 2.29 bits per heavy atom. The van der Waals surface area contributed by atoms with E-state index in [0.29, 0.717) is 5.76 Å². The molecule has 14 heavy (non-hydrogen) atoms. The third-order valence-corrected chi connectivity index (χ3v) is 2.03. The van der Waals surface area contributed by atoms with E-state index in [4.69, 9.17) is 15.3 Å². The highest BCUT2D eigenvalue weighted by Crippen LogP contribution is 2.17. The van der Waals surface area contributed by atoms with Crippen molar-refractivity contribution in [2.75, 3.05) is 7.05 Å². The van der Waals surface area contributed by atoms with E-state index in [2.05, 4.69) is 5.32 Å². The highest BCUT2D eigenvalue weighted by atomic mass is 16.4. The van der Waals surface area contributed by atoms with E-state index in [1.165, 1.54) is 0 Å². The number of hydrogen-bond acceptors (Lipinski definition) is 4. The largest absolute Gasteiger partial charge is 0.480 e. The Kier molecular flexibility index (Phi) is 3.27. The summed E-state index contributed by atoms with van der Waals surface area (Å²) in [6.07, 6.45) is 0. The molecule has 0 bridgehead atoms. The molecule has 1 aromatic rings. The van der Waals surface area contributed by atoms with Crippen molar-refractivity contribution in [1.29, 1.82) is 0 Å². The van der Waals surface area contributed by atoms with E-state index in [0.717, 1.165) is 5.76 Å². The lowest BCUT2D eigenvalue weighted by Gasteiger charge is -2.17. The Morgan fingerprint density at radius 1 is 1.64 bits per heavy atom. The van der Waals surface area contributed by atoms with Crippen molar-refractivity contribution in [1.82, 2.24) is 5.32 Å². The lowest BCUT2D eigenvalue weighted by Crippen LogP contribution is -2.43. The number of carboxylic acids is 1. The zero-order chi connectivity index (χ0) is 10.7. The molecule has 1 rings (SSSR count). The molecule has 0 saturated carbocycles. The van der Waals surface area contributed by atoms with E-state index in [-0.39, 0.29) is 0 Å². The molecule has 0 aliphatic rings. The first-order chi connectivity index (χ1) is 6.56. The summed E-state index contributed by atoms with van der Waals surface area (Å²) in [7, 11) is 1.55. The molecule has 0 radical (unpaired) electrons. The fourth-order valence-electron chi connectivity index (χ4n) is 1.25. The van der Waals surface area contributed by atoms with Gasteiger partial charge >= 0.3 is 5.97 Å². The zero-order valence-corrected chi connectivity index (χ0v) is 8.15. The number of carboxylic acid groups (broad SMARTS) is 1. The van der Waals surface area contributed by atoms with E-state index in [1.54, 1.807) is 26.1 Å². The van der Waals surface area contributed by atoms with Gasteiger partial charge in [-0.2, -0.15) is 0 Å². The number of nitrogens with one attached hydrogen (secondary N) is 1. The number of furan rings is 1. The molecule has 2 unspecified atom stereocenters. The number of carbonyl (C=O) groups is 1. The Balaban J connectivity index is 2.82. The number of nitrogens with two attached hydrogens (primary N) is 1. The molecule has 5 heteroatoms. The van der Waals surface area contributed by atoms with Crippen LogP contribution in [0.1, 0.15) is 17.6 Å². The number of aliphatic carboxylic acids is 1. The summed E-state index contributed by atoms with van der Waals surface area (Å²) in [5.74, 6) is 0.203. The van der Waals surface area contributed by atoms with Gasteiger partial charge in [0.15, 0.2) is 0 Å². The predicted octanol–water partition coefficient (Wildman–Crippen LogP) is 0.260. The third kappa shape index (κ3) is 2.12. The smallest absolute Gasteiger partial charge is 0.322 e. The first kappa shape index (κ1) is 10.7. The molecule has 0 fully saturated rings. The van der Waals surface area contributed by atoms with Crippen LogP contribution in [0.3, 0.4) is 0 Å². The van der Waals surface area contributed by atoms with Crippen LogP contribution in [-0.4, -0.2) is 24.2 Å². The molecule has 0 spiro atoms. The Hall–Kier alpha value is -1.33. The summed E-state index contributed by atoms with van der Waals surface area (Å²) in [5, 5.41) is 11.5. The minimum absolute atomic E-state index is 0.476. The zero-order valence-electron chi connectivity index (χ0n) is 8.15. The van der Waals surface area contributed by atoms with Gasteiger partial charge in [-0.1, -0.05) is 0 Å². The molecule has 0 amide bonds. The molecule has 1 aromatic heterocycles. The second-order valence-corrected chi connectivity index (χ2v) is 3.08. The maximum Gasteiger partial charge on any atom is 0.322 e. The van der Waals surface area contributed by atoms with Crippen LogP contribution >= 0.6 is 0 Å². The van der Waals surface area contributed by atoms with Crippen LogP contribution in [0.2, 0.25) is 0 Å². The van der Waals surface area contributed by atoms with Crippen LogP contribution in [0.5, 0.6) is 0 Å². The molecule has 0 aromatic carbocycles. The van der Waals surface area contributed by atoms with Crippen LogP contribution in [-0.2, 0) is 4.79 Å². The minimum Gasteiger partial charge on any atom is -0.480 e. The van der Waals surface area contributed by atoms with Crippen molar-refractivity contribution in [2.45, 2.75) is 19.0 Å². The van der Waals surface area contributed by atoms with Gasteiger partial charge in [0.25, 0.3) is 0 Å². The van der Waals surface area contributed by atoms with E-state index in [1.807, 2.05) is 0 Å². The number of likely N-dealkylation sites (N-methyl/N-ethyl adjacent to an activating group) is 1. The summed E-state index contributed by atoms with van der Waals surface area (Å²) in [6, 6.07) is 1.93. The fraction of sp³-hybridized carbons (Fsp3) is 0.444. The Morgan fingerprint density at radius 3 is 2.64 bits per heavy atom. The summed E-state index contributed by atoms with van der Waals surface area (Å²) in [6.45, 7) is 1.78. The molecule has 0 aliphatic heterocycles. The van der Waals surface area contributed by atoms with Gasteiger partial charge in [0.05, 0.1) is 6.04 Å². The molecular weight excluding hydrogens is 184 g/mol. The molecule has 5 nitrogen and oxygen atoms in total. The van der Waals surface area contributed by atoms with Gasteiger partial charge in [0, 0.05) is 0 Å². The SMILES string of the molecule is CNC(C(=O)O)C(N)c1ccc(C)o1. The van der Waals surface area contributed by atoms with Crippen molar-refractivity contribution in [3.63, 3.8) is 0 Å². The van der Waals surface area contributed by atoms with Crippen molar-refractivity contribution in [3.05, 3.63) is 23.7 Å². The summed E-state index contributed by atoms with van der Waals surface area (Å²) in [4.78, 5) is 10.8. The molecule has 78 valence electrons. The van der Waals surface area contributed by atoms with Gasteiger partial charge in [-0.05, 0) is 26.1 Å². The van der Waals surface area contributed by atoms with Gasteiger partial charge in [0.2, 0.25) is 0 Å². The molecule has 1 heterocycles. The maximum atomic E-state index is 10.8. The fourth-order valence-corrected chi connectivity index (χ4v) is 1.25. The lowest BCUT2D eigenvalue weighted by molar-refractivity contribution is -0.140. The minimum atomic E-state index is -0.992. The first-order valence-corrected chi connectivity index (χ1v) is 4.28. The van der Waals surface area contributed by atoms with E-state index >= 15 is 0 Å². The second-order valence-electron chi connectivity index (χ2n) is 3.08. The number of rotatable bonds is 4. The van der Waals surface area contributed by atoms with Crippen LogP contribution in [0.4, 0.5) is 0 Å². The second kappa shape index (κ2) is 4.26. The van der Waals surface area contributed by atoms with Crippen LogP contribution in [0, 0.1) is 6.92 Å². The van der Waals surface area contributed by atoms with Gasteiger partial charge in [-0.15, -0.1) is 0 Å². The van der Waals surface area contributed by atoms with E-state index < -0.39 is 18.1 Å². The van der Waals surface area contributed by atoms with Crippen LogP contribution in [0.15, 0.2) is 16.5 Å². The molecular formula is C9H14N2O3. The van der Waals surface area contributed by atoms with Crippen molar-refractivity contribution < 1.29 is 14.3 Å². The highest BCUT2D eigenvalue weighted by molar-refractivity contribution is 5.74. The summed E-state index contributed by atoms with van der Waals surface area (Å²) >= 11 is 0. The monoisotopic (exact) mass is 198 g/mol. The topological polar surface area (TPSA) is 88.5 Å². The molecule has 4 N–H and O–H groups in total. The molecule has 0 aliphatic carbocycles.